The molecule has 7 nitrogen and oxygen atoms in total. The van der Waals surface area contributed by atoms with Crippen LogP contribution in [0.5, 0.6) is 5.75 Å². The van der Waals surface area contributed by atoms with Crippen LogP contribution in [0.4, 0.5) is 0 Å². The normalized spacial score (nSPS) is 18.8. The van der Waals surface area contributed by atoms with Crippen molar-refractivity contribution in [1.82, 2.24) is 15.0 Å². The maximum atomic E-state index is 12.4. The summed E-state index contributed by atoms with van der Waals surface area (Å²) in [6.45, 7) is 1.81. The maximum absolute atomic E-state index is 12.4. The van der Waals surface area contributed by atoms with Gasteiger partial charge >= 0.3 is 0 Å². The number of aromatic nitrogens is 2. The van der Waals surface area contributed by atoms with Crippen molar-refractivity contribution in [3.8, 4) is 5.75 Å². The summed E-state index contributed by atoms with van der Waals surface area (Å²) in [6.07, 6.45) is 5.03. The summed E-state index contributed by atoms with van der Waals surface area (Å²) in [5.74, 6) is 2.44. The number of carbonyl (C=O) groups excluding carboxylic acids is 1. The number of rotatable bonds is 6. The lowest BCUT2D eigenvalue weighted by Gasteiger charge is -2.34. The first-order chi connectivity index (χ1) is 13.1. The predicted molar refractivity (Wildman–Crippen MR) is 106 cm³/mol. The van der Waals surface area contributed by atoms with Gasteiger partial charge in [0.15, 0.2) is 5.82 Å². The number of nitrogens with zero attached hydrogens (tertiary/aromatic N) is 3. The molecule has 152 valence electrons. The first-order valence-electron chi connectivity index (χ1n) is 9.73. The van der Waals surface area contributed by atoms with Gasteiger partial charge < -0.3 is 19.9 Å². The topological polar surface area (TPSA) is 94.5 Å². The second-order valence-electron chi connectivity index (χ2n) is 7.53. The number of hydrogen-bond donors (Lipinski definition) is 1. The standard InChI is InChI=1S/C20H26N4O3.ClH/c21-20(10-4-11-20)19-22-18(27-23-19)15-7-12-24(13-8-15)17(25)9-14-26-16-5-2-1-3-6-16;/h1-3,5-6,15H,4,7-14,21H2;1H. The second kappa shape index (κ2) is 8.92. The summed E-state index contributed by atoms with van der Waals surface area (Å²) in [5.41, 5.74) is 5.88. The van der Waals surface area contributed by atoms with Crippen molar-refractivity contribution < 1.29 is 14.1 Å². The van der Waals surface area contributed by atoms with E-state index in [1.807, 2.05) is 35.2 Å². The summed E-state index contributed by atoms with van der Waals surface area (Å²) < 4.78 is 11.1. The number of piperidine rings is 1. The number of likely N-dealkylation sites (tertiary alicyclic amines) is 1. The van der Waals surface area contributed by atoms with Crippen molar-refractivity contribution >= 4 is 18.3 Å². The van der Waals surface area contributed by atoms with Crippen LogP contribution in [0, 0.1) is 0 Å². The maximum Gasteiger partial charge on any atom is 0.229 e. The highest BCUT2D eigenvalue weighted by atomic mass is 35.5. The number of nitrogens with two attached hydrogens (primary N) is 1. The summed E-state index contributed by atoms with van der Waals surface area (Å²) in [4.78, 5) is 18.8. The molecule has 4 rings (SSSR count). The van der Waals surface area contributed by atoms with Gasteiger partial charge in [-0.25, -0.2) is 0 Å². The Morgan fingerprint density at radius 2 is 1.96 bits per heavy atom. The van der Waals surface area contributed by atoms with Gasteiger partial charge in [-0.2, -0.15) is 4.98 Å². The highest BCUT2D eigenvalue weighted by Gasteiger charge is 2.39. The summed E-state index contributed by atoms with van der Waals surface area (Å²) in [7, 11) is 0. The lowest BCUT2D eigenvalue weighted by Crippen LogP contribution is -2.44. The van der Waals surface area contributed by atoms with E-state index in [1.165, 1.54) is 0 Å². The number of para-hydroxylation sites is 1. The number of amides is 1. The van der Waals surface area contributed by atoms with Crippen LogP contribution in [-0.2, 0) is 10.3 Å². The number of hydrogen-bond acceptors (Lipinski definition) is 6. The van der Waals surface area contributed by atoms with Gasteiger partial charge in [0.05, 0.1) is 18.6 Å². The van der Waals surface area contributed by atoms with E-state index in [1.54, 1.807) is 0 Å². The van der Waals surface area contributed by atoms with E-state index in [0.29, 0.717) is 37.8 Å². The lowest BCUT2D eigenvalue weighted by molar-refractivity contribution is -0.132. The van der Waals surface area contributed by atoms with Crippen molar-refractivity contribution in [3.63, 3.8) is 0 Å². The van der Waals surface area contributed by atoms with Crippen LogP contribution in [0.3, 0.4) is 0 Å². The highest BCUT2D eigenvalue weighted by Crippen LogP contribution is 2.38. The summed E-state index contributed by atoms with van der Waals surface area (Å²) >= 11 is 0. The molecule has 2 aromatic rings. The molecule has 2 N–H and O–H groups in total. The minimum atomic E-state index is -0.392. The second-order valence-corrected chi connectivity index (χ2v) is 7.53. The molecule has 0 bridgehead atoms. The van der Waals surface area contributed by atoms with Crippen LogP contribution >= 0.6 is 12.4 Å². The van der Waals surface area contributed by atoms with Crippen LogP contribution in [0.1, 0.15) is 56.2 Å². The fourth-order valence-electron chi connectivity index (χ4n) is 3.69. The zero-order valence-electron chi connectivity index (χ0n) is 15.9. The molecule has 0 atom stereocenters. The van der Waals surface area contributed by atoms with Crippen LogP contribution in [0.2, 0.25) is 0 Å². The molecule has 1 aromatic heterocycles. The molecule has 1 aliphatic heterocycles. The Balaban J connectivity index is 0.00000225. The number of carbonyl (C=O) groups is 1. The van der Waals surface area contributed by atoms with Crippen molar-refractivity contribution in [2.45, 2.75) is 50.0 Å². The Morgan fingerprint density at radius 1 is 1.25 bits per heavy atom. The molecular weight excluding hydrogens is 380 g/mol. The van der Waals surface area contributed by atoms with E-state index in [0.717, 1.165) is 37.9 Å². The highest BCUT2D eigenvalue weighted by molar-refractivity contribution is 5.85. The Kier molecular flexibility index (Phi) is 6.57. The number of benzene rings is 1. The lowest BCUT2D eigenvalue weighted by atomic mass is 9.77. The number of halogens is 1. The van der Waals surface area contributed by atoms with Crippen molar-refractivity contribution in [3.05, 3.63) is 42.0 Å². The van der Waals surface area contributed by atoms with Gasteiger partial charge in [0.1, 0.15) is 5.75 Å². The molecule has 0 unspecified atom stereocenters. The molecule has 28 heavy (non-hydrogen) atoms. The molecule has 0 radical (unpaired) electrons. The first-order valence-corrected chi connectivity index (χ1v) is 9.73. The van der Waals surface area contributed by atoms with Gasteiger partial charge in [0.2, 0.25) is 11.8 Å². The van der Waals surface area contributed by atoms with E-state index < -0.39 is 5.54 Å². The van der Waals surface area contributed by atoms with Crippen LogP contribution in [0.25, 0.3) is 0 Å². The van der Waals surface area contributed by atoms with E-state index in [9.17, 15) is 4.79 Å². The third kappa shape index (κ3) is 4.47. The van der Waals surface area contributed by atoms with Gasteiger partial charge in [-0.05, 0) is 44.2 Å². The molecule has 1 amide bonds. The average molecular weight is 407 g/mol. The van der Waals surface area contributed by atoms with Gasteiger partial charge in [-0.15, -0.1) is 12.4 Å². The van der Waals surface area contributed by atoms with E-state index >= 15 is 0 Å². The Hall–Kier alpha value is -2.12. The van der Waals surface area contributed by atoms with Gasteiger partial charge in [0.25, 0.3) is 0 Å². The van der Waals surface area contributed by atoms with Crippen molar-refractivity contribution in [2.75, 3.05) is 19.7 Å². The SMILES string of the molecule is Cl.NC1(c2noc(C3CCN(C(=O)CCOc4ccccc4)CC3)n2)CCC1. The third-order valence-corrected chi connectivity index (χ3v) is 5.66. The van der Waals surface area contributed by atoms with Crippen molar-refractivity contribution in [1.29, 1.82) is 0 Å². The fraction of sp³-hybridized carbons (Fsp3) is 0.550. The quantitative estimate of drug-likeness (QED) is 0.792. The molecule has 2 aliphatic rings. The molecule has 1 aliphatic carbocycles. The molecule has 8 heteroatoms. The van der Waals surface area contributed by atoms with Gasteiger partial charge in [-0.1, -0.05) is 23.4 Å². The smallest absolute Gasteiger partial charge is 0.229 e. The van der Waals surface area contributed by atoms with E-state index in [4.69, 9.17) is 15.0 Å². The first kappa shape index (κ1) is 20.6. The summed E-state index contributed by atoms with van der Waals surface area (Å²) in [5, 5.41) is 4.10. The van der Waals surface area contributed by atoms with Crippen LogP contribution < -0.4 is 10.5 Å². The third-order valence-electron chi connectivity index (χ3n) is 5.66. The van der Waals surface area contributed by atoms with Gasteiger partial charge in [-0.3, -0.25) is 4.79 Å². The fourth-order valence-corrected chi connectivity index (χ4v) is 3.69. The monoisotopic (exact) mass is 406 g/mol. The molecule has 1 saturated heterocycles. The number of ether oxygens (including phenoxy) is 1. The molecule has 2 heterocycles. The predicted octanol–water partition coefficient (Wildman–Crippen LogP) is 3.00. The minimum Gasteiger partial charge on any atom is -0.493 e. The molecule has 2 fully saturated rings. The Bertz CT molecular complexity index is 771. The zero-order chi connectivity index (χ0) is 18.7. The molecular formula is C20H27ClN4O3. The van der Waals surface area contributed by atoms with E-state index in [2.05, 4.69) is 10.1 Å². The van der Waals surface area contributed by atoms with Crippen molar-refractivity contribution in [2.24, 2.45) is 5.73 Å². The molecule has 1 aromatic carbocycles. The Labute approximate surface area is 171 Å². The molecule has 1 saturated carbocycles. The zero-order valence-corrected chi connectivity index (χ0v) is 16.7. The van der Waals surface area contributed by atoms with Gasteiger partial charge in [0, 0.05) is 19.0 Å². The van der Waals surface area contributed by atoms with Crippen LogP contribution in [0.15, 0.2) is 34.9 Å². The minimum absolute atomic E-state index is 0. The summed E-state index contributed by atoms with van der Waals surface area (Å²) in [6, 6.07) is 9.56. The van der Waals surface area contributed by atoms with Crippen LogP contribution in [-0.4, -0.2) is 40.6 Å². The largest absolute Gasteiger partial charge is 0.493 e. The average Bonchev–Trinajstić information content (AvgIpc) is 3.17. The molecule has 0 spiro atoms. The Morgan fingerprint density at radius 3 is 2.61 bits per heavy atom. The van der Waals surface area contributed by atoms with E-state index in [-0.39, 0.29) is 24.2 Å².